The third kappa shape index (κ3) is 3.22. The highest BCUT2D eigenvalue weighted by molar-refractivity contribution is 5.85. The first-order valence-corrected chi connectivity index (χ1v) is 6.98. The molecule has 2 heterocycles. The molecule has 2 aliphatic rings. The molecule has 0 saturated carbocycles. The Morgan fingerprint density at radius 3 is 2.22 bits per heavy atom. The molecule has 2 fully saturated rings. The van der Waals surface area contributed by atoms with E-state index >= 15 is 0 Å². The van der Waals surface area contributed by atoms with Gasteiger partial charge in [0.05, 0.1) is 6.04 Å². The lowest BCUT2D eigenvalue weighted by Crippen LogP contribution is -2.55. The van der Waals surface area contributed by atoms with E-state index in [-0.39, 0.29) is 6.04 Å². The van der Waals surface area contributed by atoms with Crippen LogP contribution in [0.4, 0.5) is 0 Å². The van der Waals surface area contributed by atoms with E-state index in [1.165, 1.54) is 6.42 Å². The summed E-state index contributed by atoms with van der Waals surface area (Å²) in [7, 11) is 6.49. The molecule has 0 aromatic heterocycles. The largest absolute Gasteiger partial charge is 0.357 e. The van der Waals surface area contributed by atoms with Crippen molar-refractivity contribution in [1.82, 2.24) is 19.6 Å². The van der Waals surface area contributed by atoms with Gasteiger partial charge >= 0.3 is 0 Å². The lowest BCUT2D eigenvalue weighted by atomic mass is 10.2. The monoisotopic (exact) mass is 253 g/mol. The number of likely N-dealkylation sites (N-methyl/N-ethyl adjacent to an activating group) is 3. The molecule has 0 bridgehead atoms. The van der Waals surface area contributed by atoms with Crippen LogP contribution in [0, 0.1) is 5.41 Å². The van der Waals surface area contributed by atoms with Gasteiger partial charge in [-0.2, -0.15) is 0 Å². The minimum absolute atomic E-state index is 0.265. The van der Waals surface area contributed by atoms with Crippen molar-refractivity contribution in [1.29, 1.82) is 5.41 Å². The maximum absolute atomic E-state index is 8.50. The molecule has 0 aliphatic carbocycles. The van der Waals surface area contributed by atoms with E-state index in [4.69, 9.17) is 5.41 Å². The Kier molecular flexibility index (Phi) is 4.59. The lowest BCUT2D eigenvalue weighted by Gasteiger charge is -2.39. The summed E-state index contributed by atoms with van der Waals surface area (Å²) in [5.41, 5.74) is 0. The summed E-state index contributed by atoms with van der Waals surface area (Å²) in [6, 6.07) is 0.265. The summed E-state index contributed by atoms with van der Waals surface area (Å²) in [4.78, 5) is 9.32. The van der Waals surface area contributed by atoms with Gasteiger partial charge in [0.25, 0.3) is 0 Å². The number of hydrogen-bond acceptors (Lipinski definition) is 4. The zero-order valence-electron chi connectivity index (χ0n) is 12.0. The molecule has 2 aliphatic heterocycles. The molecule has 5 nitrogen and oxygen atoms in total. The van der Waals surface area contributed by atoms with Crippen LogP contribution in [-0.2, 0) is 0 Å². The zero-order valence-corrected chi connectivity index (χ0v) is 12.0. The molecule has 0 amide bonds. The van der Waals surface area contributed by atoms with Crippen LogP contribution < -0.4 is 0 Å². The average Bonchev–Trinajstić information content (AvgIpc) is 2.51. The first-order chi connectivity index (χ1) is 8.58. The highest BCUT2D eigenvalue weighted by atomic mass is 15.3. The number of piperazine rings is 1. The van der Waals surface area contributed by atoms with Crippen molar-refractivity contribution in [2.45, 2.75) is 12.5 Å². The molecule has 1 unspecified atom stereocenters. The summed E-state index contributed by atoms with van der Waals surface area (Å²) in [5, 5.41) is 8.50. The van der Waals surface area contributed by atoms with Crippen LogP contribution in [0.5, 0.6) is 0 Å². The number of nitrogens with zero attached hydrogens (tertiary/aromatic N) is 4. The molecule has 5 heteroatoms. The minimum atomic E-state index is 0.265. The van der Waals surface area contributed by atoms with E-state index < -0.39 is 0 Å². The fourth-order valence-corrected chi connectivity index (χ4v) is 2.83. The van der Waals surface area contributed by atoms with Gasteiger partial charge in [0.15, 0.2) is 0 Å². The van der Waals surface area contributed by atoms with Gasteiger partial charge in [-0.05, 0) is 40.7 Å². The number of amidine groups is 1. The summed E-state index contributed by atoms with van der Waals surface area (Å²) in [6.07, 6.45) is 1.21. The highest BCUT2D eigenvalue weighted by Gasteiger charge is 2.28. The Balaban J connectivity index is 1.97. The third-order valence-corrected chi connectivity index (χ3v) is 4.23. The van der Waals surface area contributed by atoms with Gasteiger partial charge in [0, 0.05) is 32.7 Å². The molecular weight excluding hydrogens is 226 g/mol. The maximum Gasteiger partial charge on any atom is 0.115 e. The van der Waals surface area contributed by atoms with E-state index in [2.05, 4.69) is 40.7 Å². The second kappa shape index (κ2) is 5.99. The fraction of sp³-hybridized carbons (Fsp3) is 0.923. The van der Waals surface area contributed by atoms with Crippen LogP contribution in [-0.4, -0.2) is 98.4 Å². The summed E-state index contributed by atoms with van der Waals surface area (Å²) in [5.74, 6) is 0.819. The van der Waals surface area contributed by atoms with Gasteiger partial charge < -0.3 is 14.7 Å². The lowest BCUT2D eigenvalue weighted by molar-refractivity contribution is 0.194. The van der Waals surface area contributed by atoms with Crippen molar-refractivity contribution >= 4 is 5.84 Å². The topological polar surface area (TPSA) is 36.8 Å². The van der Waals surface area contributed by atoms with Crippen molar-refractivity contribution in [2.75, 3.05) is 67.0 Å². The Morgan fingerprint density at radius 2 is 1.56 bits per heavy atom. The van der Waals surface area contributed by atoms with E-state index in [1.807, 2.05) is 0 Å². The Bertz CT molecular complexity index is 285. The van der Waals surface area contributed by atoms with E-state index in [0.29, 0.717) is 0 Å². The molecule has 2 saturated heterocycles. The molecule has 18 heavy (non-hydrogen) atoms. The molecule has 2 rings (SSSR count). The van der Waals surface area contributed by atoms with Crippen molar-refractivity contribution in [3.63, 3.8) is 0 Å². The van der Waals surface area contributed by atoms with Crippen molar-refractivity contribution < 1.29 is 0 Å². The van der Waals surface area contributed by atoms with Crippen LogP contribution in [0.15, 0.2) is 0 Å². The normalized spacial score (nSPS) is 29.3. The number of rotatable bonds is 1. The molecule has 0 aromatic carbocycles. The van der Waals surface area contributed by atoms with Crippen molar-refractivity contribution in [3.05, 3.63) is 0 Å². The Labute approximate surface area is 111 Å². The Hall–Kier alpha value is -0.650. The SMILES string of the molecule is CN1CCN(C(=N)C2CN(C)CCCN2C)CC1. The van der Waals surface area contributed by atoms with Gasteiger partial charge in [0.1, 0.15) is 5.84 Å². The van der Waals surface area contributed by atoms with E-state index in [9.17, 15) is 0 Å². The summed E-state index contributed by atoms with van der Waals surface area (Å²) >= 11 is 0. The molecule has 0 spiro atoms. The van der Waals surface area contributed by atoms with Crippen LogP contribution >= 0.6 is 0 Å². The molecule has 1 atom stereocenters. The second-order valence-electron chi connectivity index (χ2n) is 5.79. The molecule has 0 radical (unpaired) electrons. The predicted octanol–water partition coefficient (Wildman–Crippen LogP) is -0.153. The van der Waals surface area contributed by atoms with Gasteiger partial charge in [-0.25, -0.2) is 0 Å². The smallest absolute Gasteiger partial charge is 0.115 e. The maximum atomic E-state index is 8.50. The first-order valence-electron chi connectivity index (χ1n) is 6.98. The fourth-order valence-electron chi connectivity index (χ4n) is 2.83. The van der Waals surface area contributed by atoms with Crippen LogP contribution in [0.2, 0.25) is 0 Å². The zero-order chi connectivity index (χ0) is 13.1. The quantitative estimate of drug-likeness (QED) is 0.521. The summed E-state index contributed by atoms with van der Waals surface area (Å²) < 4.78 is 0. The molecular formula is C13H27N5. The number of hydrogen-bond donors (Lipinski definition) is 1. The Morgan fingerprint density at radius 1 is 0.889 bits per heavy atom. The predicted molar refractivity (Wildman–Crippen MR) is 75.3 cm³/mol. The molecule has 104 valence electrons. The molecule has 0 aromatic rings. The van der Waals surface area contributed by atoms with Gasteiger partial charge in [-0.1, -0.05) is 0 Å². The highest BCUT2D eigenvalue weighted by Crippen LogP contribution is 2.11. The van der Waals surface area contributed by atoms with Crippen molar-refractivity contribution in [2.24, 2.45) is 0 Å². The summed E-state index contributed by atoms with van der Waals surface area (Å²) in [6.45, 7) is 7.40. The number of nitrogens with one attached hydrogen (secondary N) is 1. The van der Waals surface area contributed by atoms with Gasteiger partial charge in [-0.3, -0.25) is 10.3 Å². The van der Waals surface area contributed by atoms with Gasteiger partial charge in [-0.15, -0.1) is 0 Å². The molecule has 1 N–H and O–H groups in total. The van der Waals surface area contributed by atoms with E-state index in [0.717, 1.165) is 51.6 Å². The van der Waals surface area contributed by atoms with Crippen LogP contribution in [0.3, 0.4) is 0 Å². The van der Waals surface area contributed by atoms with E-state index in [1.54, 1.807) is 0 Å². The van der Waals surface area contributed by atoms with Crippen LogP contribution in [0.25, 0.3) is 0 Å². The third-order valence-electron chi connectivity index (χ3n) is 4.23. The standard InChI is InChI=1S/C13H27N5/c1-15-7-9-18(10-8-15)13(14)12-11-16(2)5-4-6-17(12)3/h12,14H,4-11H2,1-3H3. The average molecular weight is 253 g/mol. The van der Waals surface area contributed by atoms with Crippen molar-refractivity contribution in [3.8, 4) is 0 Å². The van der Waals surface area contributed by atoms with Crippen LogP contribution in [0.1, 0.15) is 6.42 Å². The minimum Gasteiger partial charge on any atom is -0.357 e. The second-order valence-corrected chi connectivity index (χ2v) is 5.79. The van der Waals surface area contributed by atoms with Gasteiger partial charge in [0.2, 0.25) is 0 Å². The first kappa shape index (κ1) is 13.8.